The lowest BCUT2D eigenvalue weighted by Crippen LogP contribution is -1.98. The first-order valence-electron chi connectivity index (χ1n) is 8.67. The second kappa shape index (κ2) is 12.1. The molecule has 1 aromatic carbocycles. The summed E-state index contributed by atoms with van der Waals surface area (Å²) in [6.45, 7) is 2.89. The van der Waals surface area contributed by atoms with E-state index in [1.807, 2.05) is 0 Å². The molecule has 22 heavy (non-hydrogen) atoms. The highest BCUT2D eigenvalue weighted by molar-refractivity contribution is 5.38. The van der Waals surface area contributed by atoms with E-state index in [1.165, 1.54) is 63.9 Å². The van der Waals surface area contributed by atoms with Crippen molar-refractivity contribution in [2.75, 3.05) is 6.61 Å². The molecule has 0 aromatic heterocycles. The Morgan fingerprint density at radius 1 is 0.955 bits per heavy atom. The SMILES string of the molecule is C#Cc1ccc(OCCCCCCCCCCCC)cc1F. The molecule has 0 unspecified atom stereocenters. The van der Waals surface area contributed by atoms with E-state index in [9.17, 15) is 4.39 Å². The Bertz CT molecular complexity index is 448. The van der Waals surface area contributed by atoms with Crippen molar-refractivity contribution in [3.63, 3.8) is 0 Å². The molecule has 0 aliphatic rings. The number of hydrogen-bond acceptors (Lipinski definition) is 1. The molecule has 0 saturated heterocycles. The van der Waals surface area contributed by atoms with Crippen molar-refractivity contribution in [3.8, 4) is 18.1 Å². The van der Waals surface area contributed by atoms with E-state index in [-0.39, 0.29) is 11.4 Å². The van der Waals surface area contributed by atoms with Gasteiger partial charge in [-0.3, -0.25) is 0 Å². The van der Waals surface area contributed by atoms with Crippen molar-refractivity contribution >= 4 is 0 Å². The van der Waals surface area contributed by atoms with Crippen LogP contribution >= 0.6 is 0 Å². The molecule has 0 heterocycles. The van der Waals surface area contributed by atoms with E-state index in [1.54, 1.807) is 12.1 Å². The van der Waals surface area contributed by atoms with Gasteiger partial charge >= 0.3 is 0 Å². The first kappa shape index (κ1) is 18.6. The Kier molecular flexibility index (Phi) is 10.2. The summed E-state index contributed by atoms with van der Waals surface area (Å²) in [5.74, 6) is 2.48. The van der Waals surface area contributed by atoms with Crippen LogP contribution in [0, 0.1) is 18.2 Å². The highest BCUT2D eigenvalue weighted by atomic mass is 19.1. The molecule has 0 atom stereocenters. The summed E-state index contributed by atoms with van der Waals surface area (Å²) in [5, 5.41) is 0. The molecule has 0 fully saturated rings. The minimum absolute atomic E-state index is 0.284. The highest BCUT2D eigenvalue weighted by Crippen LogP contribution is 2.17. The number of benzene rings is 1. The fraction of sp³-hybridized carbons (Fsp3) is 0.600. The third-order valence-corrected chi connectivity index (χ3v) is 3.86. The molecule has 1 aromatic rings. The van der Waals surface area contributed by atoms with Gasteiger partial charge in [-0.05, 0) is 18.6 Å². The standard InChI is InChI=1S/C20H29FO/c1-3-5-6-7-8-9-10-11-12-13-16-22-19-15-14-18(4-2)20(21)17-19/h2,14-15,17H,3,5-13,16H2,1H3. The summed E-state index contributed by atoms with van der Waals surface area (Å²) < 4.78 is 19.0. The van der Waals surface area contributed by atoms with Gasteiger partial charge < -0.3 is 4.74 Å². The maximum atomic E-state index is 13.5. The summed E-state index contributed by atoms with van der Waals surface area (Å²) in [6, 6.07) is 4.68. The van der Waals surface area contributed by atoms with Crippen molar-refractivity contribution in [1.29, 1.82) is 0 Å². The van der Waals surface area contributed by atoms with Gasteiger partial charge in [0, 0.05) is 6.07 Å². The molecular weight excluding hydrogens is 275 g/mol. The predicted molar refractivity (Wildman–Crippen MR) is 91.7 cm³/mol. The number of ether oxygens (including phenoxy) is 1. The van der Waals surface area contributed by atoms with Crippen LogP contribution < -0.4 is 4.74 Å². The molecule has 0 spiro atoms. The lowest BCUT2D eigenvalue weighted by atomic mass is 10.1. The van der Waals surface area contributed by atoms with Crippen LogP contribution in [0.2, 0.25) is 0 Å². The van der Waals surface area contributed by atoms with Crippen LogP contribution in [0.1, 0.15) is 76.7 Å². The third kappa shape index (κ3) is 8.08. The molecule has 0 amide bonds. The summed E-state index contributed by atoms with van der Waals surface area (Å²) in [4.78, 5) is 0. The van der Waals surface area contributed by atoms with Gasteiger partial charge in [-0.25, -0.2) is 4.39 Å². The Morgan fingerprint density at radius 2 is 1.55 bits per heavy atom. The van der Waals surface area contributed by atoms with Gasteiger partial charge in [0.05, 0.1) is 12.2 Å². The molecule has 2 heteroatoms. The van der Waals surface area contributed by atoms with Crippen molar-refractivity contribution < 1.29 is 9.13 Å². The second-order valence-electron chi connectivity index (χ2n) is 5.82. The van der Waals surface area contributed by atoms with Gasteiger partial charge in [0.25, 0.3) is 0 Å². The molecule has 0 bridgehead atoms. The molecule has 0 saturated carbocycles. The van der Waals surface area contributed by atoms with Crippen LogP contribution in [-0.2, 0) is 0 Å². The van der Waals surface area contributed by atoms with E-state index in [0.717, 1.165) is 6.42 Å². The van der Waals surface area contributed by atoms with E-state index in [2.05, 4.69) is 12.8 Å². The van der Waals surface area contributed by atoms with E-state index in [0.29, 0.717) is 12.4 Å². The quantitative estimate of drug-likeness (QED) is 0.334. The second-order valence-corrected chi connectivity index (χ2v) is 5.82. The summed E-state index contributed by atoms with van der Waals surface area (Å²) in [7, 11) is 0. The molecule has 0 aliphatic heterocycles. The van der Waals surface area contributed by atoms with Crippen molar-refractivity contribution in [3.05, 3.63) is 29.6 Å². The topological polar surface area (TPSA) is 9.23 Å². The van der Waals surface area contributed by atoms with Crippen LogP contribution in [0.3, 0.4) is 0 Å². The number of unbranched alkanes of at least 4 members (excludes halogenated alkanes) is 9. The van der Waals surface area contributed by atoms with Gasteiger partial charge in [-0.15, -0.1) is 6.42 Å². The smallest absolute Gasteiger partial charge is 0.142 e. The normalized spacial score (nSPS) is 10.4. The zero-order valence-corrected chi connectivity index (χ0v) is 13.9. The molecule has 0 radical (unpaired) electrons. The lowest BCUT2D eigenvalue weighted by Gasteiger charge is -2.07. The Balaban J connectivity index is 1.97. The van der Waals surface area contributed by atoms with Crippen molar-refractivity contribution in [2.45, 2.75) is 71.1 Å². The number of halogens is 1. The fourth-order valence-corrected chi connectivity index (χ4v) is 2.48. The Labute approximate surface area is 135 Å². The molecule has 0 N–H and O–H groups in total. The fourth-order valence-electron chi connectivity index (χ4n) is 2.48. The first-order chi connectivity index (χ1) is 10.8. The Hall–Kier alpha value is -1.49. The van der Waals surface area contributed by atoms with Crippen LogP contribution in [-0.4, -0.2) is 6.61 Å². The van der Waals surface area contributed by atoms with Gasteiger partial charge in [0.1, 0.15) is 11.6 Å². The maximum absolute atomic E-state index is 13.5. The first-order valence-corrected chi connectivity index (χ1v) is 8.67. The molecular formula is C20H29FO. The number of hydrogen-bond donors (Lipinski definition) is 0. The average Bonchev–Trinajstić information content (AvgIpc) is 2.53. The monoisotopic (exact) mass is 304 g/mol. The van der Waals surface area contributed by atoms with Gasteiger partial charge in [-0.2, -0.15) is 0 Å². The van der Waals surface area contributed by atoms with Gasteiger partial charge in [-0.1, -0.05) is 70.6 Å². The minimum Gasteiger partial charge on any atom is -0.493 e. The number of rotatable bonds is 12. The minimum atomic E-state index is -0.386. The van der Waals surface area contributed by atoms with Crippen molar-refractivity contribution in [1.82, 2.24) is 0 Å². The van der Waals surface area contributed by atoms with Crippen LogP contribution in [0.4, 0.5) is 4.39 Å². The molecule has 1 nitrogen and oxygen atoms in total. The van der Waals surface area contributed by atoms with E-state index >= 15 is 0 Å². The van der Waals surface area contributed by atoms with Crippen LogP contribution in [0.25, 0.3) is 0 Å². The summed E-state index contributed by atoms with van der Waals surface area (Å²) in [6.07, 6.45) is 18.2. The maximum Gasteiger partial charge on any atom is 0.142 e. The molecule has 0 aliphatic carbocycles. The van der Waals surface area contributed by atoms with Gasteiger partial charge in [0.2, 0.25) is 0 Å². The Morgan fingerprint density at radius 3 is 2.09 bits per heavy atom. The zero-order valence-electron chi connectivity index (χ0n) is 13.9. The lowest BCUT2D eigenvalue weighted by molar-refractivity contribution is 0.303. The third-order valence-electron chi connectivity index (χ3n) is 3.86. The van der Waals surface area contributed by atoms with Crippen LogP contribution in [0.5, 0.6) is 5.75 Å². The average molecular weight is 304 g/mol. The largest absolute Gasteiger partial charge is 0.493 e. The highest BCUT2D eigenvalue weighted by Gasteiger charge is 2.01. The van der Waals surface area contributed by atoms with E-state index < -0.39 is 0 Å². The number of terminal acetylenes is 1. The summed E-state index contributed by atoms with van der Waals surface area (Å²) >= 11 is 0. The summed E-state index contributed by atoms with van der Waals surface area (Å²) in [5.41, 5.74) is 0.284. The van der Waals surface area contributed by atoms with Crippen molar-refractivity contribution in [2.24, 2.45) is 0 Å². The van der Waals surface area contributed by atoms with Crippen LogP contribution in [0.15, 0.2) is 18.2 Å². The predicted octanol–water partition coefficient (Wildman–Crippen LogP) is 6.11. The molecule has 122 valence electrons. The van der Waals surface area contributed by atoms with E-state index in [4.69, 9.17) is 11.2 Å². The zero-order chi connectivity index (χ0) is 16.0. The van der Waals surface area contributed by atoms with Gasteiger partial charge in [0.15, 0.2) is 0 Å². The molecule has 1 rings (SSSR count).